The SMILES string of the molecule is CC[C@@]1(N)C[C@H]1c1ccc2ncccc2c1. The second-order valence-corrected chi connectivity index (χ2v) is 4.80. The molecule has 0 spiro atoms. The maximum Gasteiger partial charge on any atom is 0.0702 e. The highest BCUT2D eigenvalue weighted by atomic mass is 14.9. The first-order chi connectivity index (χ1) is 7.73. The summed E-state index contributed by atoms with van der Waals surface area (Å²) in [5.74, 6) is 0.544. The number of hydrogen-bond donors (Lipinski definition) is 1. The van der Waals surface area contributed by atoms with Gasteiger partial charge in [0, 0.05) is 23.0 Å². The Balaban J connectivity index is 2.01. The number of aromatic nitrogens is 1. The van der Waals surface area contributed by atoms with Crippen LogP contribution in [0.4, 0.5) is 0 Å². The largest absolute Gasteiger partial charge is 0.325 e. The Labute approximate surface area is 95.5 Å². The van der Waals surface area contributed by atoms with Crippen molar-refractivity contribution in [3.05, 3.63) is 42.1 Å². The molecule has 1 heterocycles. The van der Waals surface area contributed by atoms with Crippen molar-refractivity contribution in [2.45, 2.75) is 31.2 Å². The van der Waals surface area contributed by atoms with Gasteiger partial charge in [-0.2, -0.15) is 0 Å². The fourth-order valence-corrected chi connectivity index (χ4v) is 2.47. The van der Waals surface area contributed by atoms with Crippen molar-refractivity contribution in [3.63, 3.8) is 0 Å². The first-order valence-corrected chi connectivity index (χ1v) is 5.86. The zero-order chi connectivity index (χ0) is 11.2. The molecule has 3 rings (SSSR count). The first kappa shape index (κ1) is 9.79. The molecule has 1 aliphatic rings. The zero-order valence-corrected chi connectivity index (χ0v) is 9.48. The summed E-state index contributed by atoms with van der Waals surface area (Å²) in [6.07, 6.45) is 4.01. The minimum atomic E-state index is 0.0515. The molecule has 1 saturated carbocycles. The van der Waals surface area contributed by atoms with Crippen LogP contribution >= 0.6 is 0 Å². The highest BCUT2D eigenvalue weighted by molar-refractivity contribution is 5.79. The van der Waals surface area contributed by atoms with Crippen LogP contribution in [0.3, 0.4) is 0 Å². The van der Waals surface area contributed by atoms with Crippen LogP contribution in [-0.4, -0.2) is 10.5 Å². The Hall–Kier alpha value is -1.41. The van der Waals surface area contributed by atoms with Crippen LogP contribution in [0.1, 0.15) is 31.2 Å². The van der Waals surface area contributed by atoms with Crippen LogP contribution in [-0.2, 0) is 0 Å². The molecule has 16 heavy (non-hydrogen) atoms. The number of pyridine rings is 1. The van der Waals surface area contributed by atoms with E-state index < -0.39 is 0 Å². The summed E-state index contributed by atoms with van der Waals surface area (Å²) >= 11 is 0. The van der Waals surface area contributed by atoms with Crippen molar-refractivity contribution >= 4 is 10.9 Å². The molecule has 0 saturated heterocycles. The molecule has 0 amide bonds. The summed E-state index contributed by atoms with van der Waals surface area (Å²) in [6, 6.07) is 10.6. The molecule has 1 aromatic carbocycles. The monoisotopic (exact) mass is 212 g/mol. The third-order valence-electron chi connectivity index (χ3n) is 3.81. The maximum absolute atomic E-state index is 6.25. The van der Waals surface area contributed by atoms with Crippen molar-refractivity contribution < 1.29 is 0 Å². The summed E-state index contributed by atoms with van der Waals surface area (Å²) in [5, 5.41) is 1.21. The predicted octanol–water partition coefficient (Wildman–Crippen LogP) is 2.83. The second kappa shape index (κ2) is 3.29. The van der Waals surface area contributed by atoms with Crippen LogP contribution < -0.4 is 5.73 Å². The van der Waals surface area contributed by atoms with E-state index in [0.29, 0.717) is 5.92 Å². The molecule has 82 valence electrons. The molecule has 1 aliphatic carbocycles. The topological polar surface area (TPSA) is 38.9 Å². The number of nitrogens with zero attached hydrogens (tertiary/aromatic N) is 1. The molecule has 0 aliphatic heterocycles. The average Bonchev–Trinajstić information content (AvgIpc) is 3.02. The molecule has 2 heteroatoms. The van der Waals surface area contributed by atoms with Crippen molar-refractivity contribution in [2.75, 3.05) is 0 Å². The number of fused-ring (bicyclic) bond motifs is 1. The van der Waals surface area contributed by atoms with Gasteiger partial charge in [0.05, 0.1) is 5.52 Å². The molecule has 2 N–H and O–H groups in total. The van der Waals surface area contributed by atoms with Crippen LogP contribution in [0.15, 0.2) is 36.5 Å². The van der Waals surface area contributed by atoms with E-state index >= 15 is 0 Å². The predicted molar refractivity (Wildman–Crippen MR) is 66.3 cm³/mol. The number of nitrogens with two attached hydrogens (primary N) is 1. The van der Waals surface area contributed by atoms with Gasteiger partial charge in [-0.25, -0.2) is 0 Å². The van der Waals surface area contributed by atoms with Gasteiger partial charge in [-0.3, -0.25) is 4.98 Å². The van der Waals surface area contributed by atoms with Crippen LogP contribution in [0.25, 0.3) is 10.9 Å². The molecule has 0 bridgehead atoms. The Morgan fingerprint density at radius 1 is 1.44 bits per heavy atom. The highest BCUT2D eigenvalue weighted by Crippen LogP contribution is 2.51. The van der Waals surface area contributed by atoms with Crippen molar-refractivity contribution in [2.24, 2.45) is 5.73 Å². The standard InChI is InChI=1S/C14H16N2/c1-2-14(15)9-12(14)10-5-6-13-11(8-10)4-3-7-16-13/h3-8,12H,2,9,15H2,1H3/t12-,14+/m0/s1. The lowest BCUT2D eigenvalue weighted by atomic mass is 10.0. The number of hydrogen-bond acceptors (Lipinski definition) is 2. The van der Waals surface area contributed by atoms with Crippen molar-refractivity contribution in [3.8, 4) is 0 Å². The quantitative estimate of drug-likeness (QED) is 0.831. The summed E-state index contributed by atoms with van der Waals surface area (Å²) < 4.78 is 0. The molecular weight excluding hydrogens is 196 g/mol. The highest BCUT2D eigenvalue weighted by Gasteiger charge is 2.49. The van der Waals surface area contributed by atoms with Gasteiger partial charge in [0.1, 0.15) is 0 Å². The molecule has 1 fully saturated rings. The van der Waals surface area contributed by atoms with E-state index in [0.717, 1.165) is 18.4 Å². The van der Waals surface area contributed by atoms with Gasteiger partial charge in [-0.05, 0) is 36.6 Å². The smallest absolute Gasteiger partial charge is 0.0702 e. The van der Waals surface area contributed by atoms with Crippen LogP contribution in [0.5, 0.6) is 0 Å². The Bertz CT molecular complexity index is 535. The normalized spacial score (nSPS) is 28.2. The average molecular weight is 212 g/mol. The summed E-state index contributed by atoms with van der Waals surface area (Å²) in [5.41, 5.74) is 8.73. The lowest BCUT2D eigenvalue weighted by Crippen LogP contribution is -2.22. The van der Waals surface area contributed by atoms with Crippen LogP contribution in [0.2, 0.25) is 0 Å². The van der Waals surface area contributed by atoms with Gasteiger partial charge in [-0.15, -0.1) is 0 Å². The zero-order valence-electron chi connectivity index (χ0n) is 9.48. The summed E-state index contributed by atoms with van der Waals surface area (Å²) in [6.45, 7) is 2.17. The summed E-state index contributed by atoms with van der Waals surface area (Å²) in [7, 11) is 0. The Morgan fingerprint density at radius 2 is 2.31 bits per heavy atom. The van der Waals surface area contributed by atoms with Gasteiger partial charge in [0.2, 0.25) is 0 Å². The maximum atomic E-state index is 6.25. The first-order valence-electron chi connectivity index (χ1n) is 5.86. The van der Waals surface area contributed by atoms with E-state index in [4.69, 9.17) is 5.73 Å². The lowest BCUT2D eigenvalue weighted by molar-refractivity contribution is 0.626. The molecule has 1 aromatic heterocycles. The third-order valence-corrected chi connectivity index (χ3v) is 3.81. The van der Waals surface area contributed by atoms with Crippen molar-refractivity contribution in [1.29, 1.82) is 0 Å². The minimum Gasteiger partial charge on any atom is -0.325 e. The van der Waals surface area contributed by atoms with Gasteiger partial charge < -0.3 is 5.73 Å². The minimum absolute atomic E-state index is 0.0515. The molecule has 2 nitrogen and oxygen atoms in total. The fourth-order valence-electron chi connectivity index (χ4n) is 2.47. The molecule has 2 atom stereocenters. The van der Waals surface area contributed by atoms with Crippen LogP contribution in [0, 0.1) is 0 Å². The van der Waals surface area contributed by atoms with E-state index in [1.165, 1.54) is 10.9 Å². The van der Waals surface area contributed by atoms with E-state index in [9.17, 15) is 0 Å². The van der Waals surface area contributed by atoms with Gasteiger partial charge in [0.25, 0.3) is 0 Å². The fraction of sp³-hybridized carbons (Fsp3) is 0.357. The van der Waals surface area contributed by atoms with Gasteiger partial charge >= 0.3 is 0 Å². The molecular formula is C14H16N2. The summed E-state index contributed by atoms with van der Waals surface area (Å²) in [4.78, 5) is 4.33. The molecule has 2 aromatic rings. The van der Waals surface area contributed by atoms with Gasteiger partial charge in [-0.1, -0.05) is 19.1 Å². The van der Waals surface area contributed by atoms with E-state index in [2.05, 4.69) is 36.2 Å². The Morgan fingerprint density at radius 3 is 3.06 bits per heavy atom. The molecule has 0 unspecified atom stereocenters. The van der Waals surface area contributed by atoms with E-state index in [-0.39, 0.29) is 5.54 Å². The Kier molecular flexibility index (Phi) is 2.01. The van der Waals surface area contributed by atoms with E-state index in [1.807, 2.05) is 12.3 Å². The second-order valence-electron chi connectivity index (χ2n) is 4.80. The number of benzene rings is 1. The lowest BCUT2D eigenvalue weighted by Gasteiger charge is -2.08. The van der Waals surface area contributed by atoms with Crippen molar-refractivity contribution in [1.82, 2.24) is 4.98 Å². The number of rotatable bonds is 2. The van der Waals surface area contributed by atoms with E-state index in [1.54, 1.807) is 0 Å². The molecule has 0 radical (unpaired) electrons. The van der Waals surface area contributed by atoms with Gasteiger partial charge in [0.15, 0.2) is 0 Å². The third kappa shape index (κ3) is 1.41.